The lowest BCUT2D eigenvalue weighted by molar-refractivity contribution is -0.118. The molecule has 1 atom stereocenters. The Labute approximate surface area is 185 Å². The summed E-state index contributed by atoms with van der Waals surface area (Å²) in [7, 11) is 0. The van der Waals surface area contributed by atoms with E-state index in [1.54, 1.807) is 4.52 Å². The molecule has 2 aromatic carbocycles. The molecule has 0 bridgehead atoms. The van der Waals surface area contributed by atoms with E-state index in [2.05, 4.69) is 46.6 Å². The topological polar surface area (TPSA) is 81.4 Å². The molecule has 4 rings (SSSR count). The average Bonchev–Trinajstić information content (AvgIpc) is 3.38. The number of benzene rings is 2. The average molecular weight is 436 g/mol. The highest BCUT2D eigenvalue weighted by atomic mass is 32.1. The molecule has 2 aromatic heterocycles. The van der Waals surface area contributed by atoms with Crippen LogP contribution >= 0.6 is 11.3 Å². The van der Waals surface area contributed by atoms with Gasteiger partial charge in [-0.2, -0.15) is 9.61 Å². The second-order valence-electron chi connectivity index (χ2n) is 7.37. The number of aryl methyl sites for hydroxylation is 1. The molecule has 1 amide bonds. The third-order valence-corrected chi connectivity index (χ3v) is 6.14. The number of rotatable bonds is 8. The molecule has 4 aromatic rings. The van der Waals surface area contributed by atoms with Crippen LogP contribution in [0.5, 0.6) is 5.75 Å². The van der Waals surface area contributed by atoms with E-state index in [1.807, 2.05) is 43.3 Å². The highest BCUT2D eigenvalue weighted by molar-refractivity contribution is 7.19. The number of hydrogen-bond acceptors (Lipinski definition) is 6. The molecule has 31 heavy (non-hydrogen) atoms. The molecule has 160 valence electrons. The number of aromatic nitrogens is 4. The Hall–Kier alpha value is -3.26. The highest BCUT2D eigenvalue weighted by Gasteiger charge is 2.13. The number of nitrogens with zero attached hydrogens (tertiary/aromatic N) is 4. The van der Waals surface area contributed by atoms with Gasteiger partial charge in [0.05, 0.1) is 0 Å². The monoisotopic (exact) mass is 435 g/mol. The zero-order chi connectivity index (χ0) is 21.8. The molecular weight excluding hydrogens is 410 g/mol. The van der Waals surface area contributed by atoms with Gasteiger partial charge in [0.2, 0.25) is 4.96 Å². The highest BCUT2D eigenvalue weighted by Crippen LogP contribution is 2.27. The first kappa shape index (κ1) is 21.0. The summed E-state index contributed by atoms with van der Waals surface area (Å²) in [6.07, 6.45) is 1.85. The fourth-order valence-corrected chi connectivity index (χ4v) is 4.05. The predicted octanol–water partition coefficient (Wildman–Crippen LogP) is 4.95. The summed E-state index contributed by atoms with van der Waals surface area (Å²) in [5.41, 5.74) is 2.88. The first-order chi connectivity index (χ1) is 15.1. The van der Waals surface area contributed by atoms with E-state index in [1.165, 1.54) is 16.9 Å². The summed E-state index contributed by atoms with van der Waals surface area (Å²) in [6, 6.07) is 15.5. The second kappa shape index (κ2) is 9.26. The molecule has 7 nitrogen and oxygen atoms in total. The van der Waals surface area contributed by atoms with Crippen LogP contribution in [0.15, 0.2) is 48.5 Å². The Balaban J connectivity index is 1.39. The number of hydrogen-bond donors (Lipinski definition) is 1. The normalized spacial score (nSPS) is 12.1. The van der Waals surface area contributed by atoms with E-state index in [9.17, 15) is 4.79 Å². The van der Waals surface area contributed by atoms with Crippen LogP contribution in [0.1, 0.15) is 44.5 Å². The molecule has 2 heterocycles. The van der Waals surface area contributed by atoms with Crippen LogP contribution in [-0.4, -0.2) is 32.3 Å². The molecule has 0 saturated heterocycles. The number of ether oxygens (including phenoxy) is 1. The maximum atomic E-state index is 12.4. The summed E-state index contributed by atoms with van der Waals surface area (Å²) < 4.78 is 7.41. The minimum atomic E-state index is -0.213. The Morgan fingerprint density at radius 1 is 1.16 bits per heavy atom. The van der Waals surface area contributed by atoms with Crippen LogP contribution in [0.3, 0.4) is 0 Å². The number of carbonyl (C=O) groups excluding carboxylic acids is 1. The zero-order valence-corrected chi connectivity index (χ0v) is 18.6. The summed E-state index contributed by atoms with van der Waals surface area (Å²) in [4.78, 5) is 13.1. The van der Waals surface area contributed by atoms with Gasteiger partial charge in [-0.25, -0.2) is 0 Å². The summed E-state index contributed by atoms with van der Waals surface area (Å²) >= 11 is 1.47. The second-order valence-corrected chi connectivity index (χ2v) is 8.32. The van der Waals surface area contributed by atoms with Gasteiger partial charge in [0.1, 0.15) is 10.8 Å². The fraction of sp³-hybridized carbons (Fsp3) is 0.304. The van der Waals surface area contributed by atoms with Gasteiger partial charge in [0, 0.05) is 17.7 Å². The molecule has 0 radical (unpaired) electrons. The minimum absolute atomic E-state index is 0.0521. The third-order valence-electron chi connectivity index (χ3n) is 5.20. The molecule has 0 spiro atoms. The van der Waals surface area contributed by atoms with Crippen molar-refractivity contribution >= 4 is 27.9 Å². The van der Waals surface area contributed by atoms with Crippen molar-refractivity contribution in [2.45, 2.75) is 39.5 Å². The number of anilines is 1. The molecular formula is C23H25N5O2S. The first-order valence-electron chi connectivity index (χ1n) is 10.4. The standard InChI is InChI=1S/C23H25N5O2S/c1-4-15(3)16-9-11-19(12-10-16)30-14-21(29)24-18-8-6-7-17(13-18)22-27-28-20(5-2)25-26-23(28)31-22/h6-13,15H,4-5,14H2,1-3H3,(H,24,29). The SMILES string of the molecule is CCc1nnc2sc(-c3cccc(NC(=O)COc4ccc(C(C)CC)cc4)c3)nn12. The molecule has 0 aliphatic carbocycles. The van der Waals surface area contributed by atoms with Crippen molar-refractivity contribution in [1.29, 1.82) is 0 Å². The van der Waals surface area contributed by atoms with Gasteiger partial charge in [0.25, 0.3) is 5.91 Å². The largest absolute Gasteiger partial charge is 0.484 e. The zero-order valence-electron chi connectivity index (χ0n) is 17.8. The van der Waals surface area contributed by atoms with Crippen molar-refractivity contribution in [2.75, 3.05) is 11.9 Å². The van der Waals surface area contributed by atoms with Gasteiger partial charge >= 0.3 is 0 Å². The number of carbonyl (C=O) groups is 1. The minimum Gasteiger partial charge on any atom is -0.484 e. The van der Waals surface area contributed by atoms with E-state index in [0.717, 1.165) is 34.2 Å². The van der Waals surface area contributed by atoms with E-state index in [0.29, 0.717) is 17.4 Å². The van der Waals surface area contributed by atoms with Crippen molar-refractivity contribution in [3.05, 3.63) is 59.9 Å². The predicted molar refractivity (Wildman–Crippen MR) is 123 cm³/mol. The lowest BCUT2D eigenvalue weighted by atomic mass is 9.99. The van der Waals surface area contributed by atoms with Crippen molar-refractivity contribution in [2.24, 2.45) is 0 Å². The maximum Gasteiger partial charge on any atom is 0.262 e. The summed E-state index contributed by atoms with van der Waals surface area (Å²) in [6.45, 7) is 6.33. The van der Waals surface area contributed by atoms with Crippen LogP contribution in [0.4, 0.5) is 5.69 Å². The van der Waals surface area contributed by atoms with Gasteiger partial charge < -0.3 is 10.1 Å². The number of fused-ring (bicyclic) bond motifs is 1. The molecule has 0 aliphatic rings. The van der Waals surface area contributed by atoms with Crippen molar-refractivity contribution in [3.8, 4) is 16.3 Å². The molecule has 1 N–H and O–H groups in total. The molecule has 0 aliphatic heterocycles. The van der Waals surface area contributed by atoms with Gasteiger partial charge in [-0.3, -0.25) is 4.79 Å². The summed E-state index contributed by atoms with van der Waals surface area (Å²) in [5.74, 6) is 1.81. The fourth-order valence-electron chi connectivity index (χ4n) is 3.20. The lowest BCUT2D eigenvalue weighted by Gasteiger charge is -2.11. The Kier molecular flexibility index (Phi) is 6.27. The van der Waals surface area contributed by atoms with Crippen molar-refractivity contribution in [1.82, 2.24) is 19.8 Å². The van der Waals surface area contributed by atoms with Crippen LogP contribution < -0.4 is 10.1 Å². The molecule has 0 fully saturated rings. The van der Waals surface area contributed by atoms with Crippen molar-refractivity contribution < 1.29 is 9.53 Å². The smallest absolute Gasteiger partial charge is 0.262 e. The Morgan fingerprint density at radius 2 is 1.97 bits per heavy atom. The Bertz CT molecular complexity index is 1180. The lowest BCUT2D eigenvalue weighted by Crippen LogP contribution is -2.20. The molecule has 1 unspecified atom stereocenters. The number of amides is 1. The first-order valence-corrected chi connectivity index (χ1v) is 11.2. The molecule has 0 saturated carbocycles. The van der Waals surface area contributed by atoms with Crippen LogP contribution in [0.2, 0.25) is 0 Å². The van der Waals surface area contributed by atoms with E-state index in [4.69, 9.17) is 4.74 Å². The van der Waals surface area contributed by atoms with Crippen molar-refractivity contribution in [3.63, 3.8) is 0 Å². The van der Waals surface area contributed by atoms with Gasteiger partial charge in [0.15, 0.2) is 12.4 Å². The van der Waals surface area contributed by atoms with Crippen LogP contribution in [0, 0.1) is 0 Å². The third kappa shape index (κ3) is 4.74. The summed E-state index contributed by atoms with van der Waals surface area (Å²) in [5, 5.41) is 16.6. The number of nitrogens with one attached hydrogen (secondary N) is 1. The van der Waals surface area contributed by atoms with E-state index in [-0.39, 0.29) is 12.5 Å². The van der Waals surface area contributed by atoms with Gasteiger partial charge in [-0.1, -0.05) is 56.4 Å². The van der Waals surface area contributed by atoms with Gasteiger partial charge in [-0.05, 0) is 42.2 Å². The van der Waals surface area contributed by atoms with Crippen LogP contribution in [0.25, 0.3) is 15.5 Å². The van der Waals surface area contributed by atoms with Gasteiger partial charge in [-0.15, -0.1) is 10.2 Å². The Morgan fingerprint density at radius 3 is 2.71 bits per heavy atom. The van der Waals surface area contributed by atoms with E-state index < -0.39 is 0 Å². The van der Waals surface area contributed by atoms with Crippen LogP contribution in [-0.2, 0) is 11.2 Å². The quantitative estimate of drug-likeness (QED) is 0.424. The maximum absolute atomic E-state index is 12.4. The van der Waals surface area contributed by atoms with E-state index >= 15 is 0 Å². The molecule has 8 heteroatoms.